The van der Waals surface area contributed by atoms with E-state index in [2.05, 4.69) is 10.3 Å². The SMILES string of the molecule is Cc1ccccc1CN(C)C(=O)NCc1ccc(-n2ccnc2)c(F)c1. The van der Waals surface area contributed by atoms with Crippen molar-refractivity contribution in [3.05, 3.63) is 83.7 Å². The summed E-state index contributed by atoms with van der Waals surface area (Å²) in [6, 6.07) is 12.6. The van der Waals surface area contributed by atoms with Crippen molar-refractivity contribution in [3.8, 4) is 5.69 Å². The summed E-state index contributed by atoms with van der Waals surface area (Å²) in [4.78, 5) is 17.8. The van der Waals surface area contributed by atoms with Crippen LogP contribution in [0.15, 0.2) is 61.2 Å². The first-order valence-electron chi connectivity index (χ1n) is 8.35. The molecule has 6 heteroatoms. The number of aromatic nitrogens is 2. The average Bonchev–Trinajstić information content (AvgIpc) is 3.16. The fourth-order valence-electron chi connectivity index (χ4n) is 2.70. The molecule has 0 fully saturated rings. The van der Waals surface area contributed by atoms with Crippen LogP contribution < -0.4 is 5.32 Å². The summed E-state index contributed by atoms with van der Waals surface area (Å²) >= 11 is 0. The molecule has 0 aliphatic rings. The van der Waals surface area contributed by atoms with E-state index in [1.165, 1.54) is 6.07 Å². The highest BCUT2D eigenvalue weighted by molar-refractivity contribution is 5.73. The zero-order valence-electron chi connectivity index (χ0n) is 14.8. The van der Waals surface area contributed by atoms with Crippen LogP contribution in [0.5, 0.6) is 0 Å². The number of amides is 2. The van der Waals surface area contributed by atoms with Crippen LogP contribution >= 0.6 is 0 Å². The predicted octanol–water partition coefficient (Wildman–Crippen LogP) is 3.66. The van der Waals surface area contributed by atoms with Crippen LogP contribution in [-0.2, 0) is 13.1 Å². The summed E-state index contributed by atoms with van der Waals surface area (Å²) in [6.45, 7) is 2.80. The molecule has 1 heterocycles. The molecule has 26 heavy (non-hydrogen) atoms. The minimum Gasteiger partial charge on any atom is -0.334 e. The molecule has 0 radical (unpaired) electrons. The number of carbonyl (C=O) groups is 1. The molecule has 0 saturated heterocycles. The molecule has 5 nitrogen and oxygen atoms in total. The Hall–Kier alpha value is -3.15. The summed E-state index contributed by atoms with van der Waals surface area (Å²) in [6.07, 6.45) is 4.82. The number of nitrogens with zero attached hydrogens (tertiary/aromatic N) is 3. The van der Waals surface area contributed by atoms with E-state index < -0.39 is 0 Å². The molecule has 1 N–H and O–H groups in total. The van der Waals surface area contributed by atoms with E-state index in [9.17, 15) is 9.18 Å². The molecule has 0 bridgehead atoms. The van der Waals surface area contributed by atoms with Gasteiger partial charge in [-0.15, -0.1) is 0 Å². The molecule has 0 unspecified atom stereocenters. The minimum atomic E-state index is -0.358. The maximum Gasteiger partial charge on any atom is 0.317 e. The summed E-state index contributed by atoms with van der Waals surface area (Å²) < 4.78 is 15.9. The van der Waals surface area contributed by atoms with Crippen molar-refractivity contribution in [2.24, 2.45) is 0 Å². The van der Waals surface area contributed by atoms with Crippen molar-refractivity contribution in [1.29, 1.82) is 0 Å². The lowest BCUT2D eigenvalue weighted by atomic mass is 10.1. The van der Waals surface area contributed by atoms with Crippen molar-refractivity contribution in [1.82, 2.24) is 19.8 Å². The smallest absolute Gasteiger partial charge is 0.317 e. The second kappa shape index (κ2) is 7.82. The number of benzene rings is 2. The first-order valence-corrected chi connectivity index (χ1v) is 8.35. The molecule has 3 rings (SSSR count). The largest absolute Gasteiger partial charge is 0.334 e. The predicted molar refractivity (Wildman–Crippen MR) is 98.4 cm³/mol. The Bertz CT molecular complexity index is 893. The van der Waals surface area contributed by atoms with Gasteiger partial charge in [0.1, 0.15) is 5.82 Å². The van der Waals surface area contributed by atoms with Gasteiger partial charge in [0, 0.05) is 32.5 Å². The summed E-state index contributed by atoms with van der Waals surface area (Å²) in [5.41, 5.74) is 3.36. The van der Waals surface area contributed by atoms with Gasteiger partial charge < -0.3 is 14.8 Å². The van der Waals surface area contributed by atoms with Gasteiger partial charge in [-0.05, 0) is 35.7 Å². The van der Waals surface area contributed by atoms with Crippen LogP contribution in [0, 0.1) is 12.7 Å². The lowest BCUT2D eigenvalue weighted by Gasteiger charge is -2.19. The van der Waals surface area contributed by atoms with E-state index in [1.54, 1.807) is 47.4 Å². The van der Waals surface area contributed by atoms with Crippen LogP contribution in [0.4, 0.5) is 9.18 Å². The third kappa shape index (κ3) is 4.08. The molecule has 2 amide bonds. The highest BCUT2D eigenvalue weighted by Gasteiger charge is 2.11. The number of halogens is 1. The fraction of sp³-hybridized carbons (Fsp3) is 0.200. The van der Waals surface area contributed by atoms with E-state index in [1.807, 2.05) is 31.2 Å². The van der Waals surface area contributed by atoms with Gasteiger partial charge in [0.25, 0.3) is 0 Å². The maximum atomic E-state index is 14.3. The Labute approximate surface area is 152 Å². The Kier molecular flexibility index (Phi) is 5.31. The number of imidazole rings is 1. The minimum absolute atomic E-state index is 0.202. The summed E-state index contributed by atoms with van der Waals surface area (Å²) in [5, 5.41) is 2.82. The lowest BCUT2D eigenvalue weighted by Crippen LogP contribution is -2.36. The van der Waals surface area contributed by atoms with Gasteiger partial charge in [-0.1, -0.05) is 30.3 Å². The van der Waals surface area contributed by atoms with Crippen molar-refractivity contribution in [2.75, 3.05) is 7.05 Å². The second-order valence-electron chi connectivity index (χ2n) is 6.20. The summed E-state index contributed by atoms with van der Waals surface area (Å²) in [7, 11) is 1.74. The van der Waals surface area contributed by atoms with Crippen LogP contribution in [0.2, 0.25) is 0 Å². The number of urea groups is 1. The number of carbonyl (C=O) groups excluding carboxylic acids is 1. The first kappa shape index (κ1) is 17.7. The van der Waals surface area contributed by atoms with Gasteiger partial charge in [0.05, 0.1) is 12.0 Å². The molecule has 2 aromatic carbocycles. The maximum absolute atomic E-state index is 14.3. The highest BCUT2D eigenvalue weighted by Crippen LogP contribution is 2.15. The first-order chi connectivity index (χ1) is 12.5. The average molecular weight is 352 g/mol. The zero-order chi connectivity index (χ0) is 18.5. The lowest BCUT2D eigenvalue weighted by molar-refractivity contribution is 0.206. The van der Waals surface area contributed by atoms with Gasteiger partial charge in [0.15, 0.2) is 0 Å². The van der Waals surface area contributed by atoms with E-state index in [-0.39, 0.29) is 18.4 Å². The second-order valence-corrected chi connectivity index (χ2v) is 6.20. The normalized spacial score (nSPS) is 10.6. The topological polar surface area (TPSA) is 50.2 Å². The Morgan fingerprint density at radius 1 is 1.27 bits per heavy atom. The molecular weight excluding hydrogens is 331 g/mol. The molecule has 1 aromatic heterocycles. The number of rotatable bonds is 5. The fourth-order valence-corrected chi connectivity index (χ4v) is 2.70. The zero-order valence-corrected chi connectivity index (χ0v) is 14.8. The molecule has 0 saturated carbocycles. The molecule has 0 atom stereocenters. The van der Waals surface area contributed by atoms with Crippen molar-refractivity contribution < 1.29 is 9.18 Å². The van der Waals surface area contributed by atoms with Gasteiger partial charge in [-0.25, -0.2) is 14.2 Å². The Morgan fingerprint density at radius 3 is 2.77 bits per heavy atom. The Balaban J connectivity index is 1.59. The monoisotopic (exact) mass is 352 g/mol. The van der Waals surface area contributed by atoms with Gasteiger partial charge in [0.2, 0.25) is 0 Å². The molecule has 0 aliphatic heterocycles. The number of aryl methyl sites for hydroxylation is 1. The van der Waals surface area contributed by atoms with Gasteiger partial charge >= 0.3 is 6.03 Å². The molecule has 0 spiro atoms. The van der Waals surface area contributed by atoms with Crippen molar-refractivity contribution in [3.63, 3.8) is 0 Å². The Morgan fingerprint density at radius 2 is 2.08 bits per heavy atom. The van der Waals surface area contributed by atoms with E-state index >= 15 is 0 Å². The van der Waals surface area contributed by atoms with E-state index in [0.717, 1.165) is 11.1 Å². The third-order valence-corrected chi connectivity index (χ3v) is 4.25. The van der Waals surface area contributed by atoms with E-state index in [4.69, 9.17) is 0 Å². The standard InChI is InChI=1S/C20H21FN4O/c1-15-5-3-4-6-17(15)13-24(2)20(26)23-12-16-7-8-19(18(21)11-16)25-10-9-22-14-25/h3-11,14H,12-13H2,1-2H3,(H,23,26). The van der Waals surface area contributed by atoms with Crippen LogP contribution in [0.3, 0.4) is 0 Å². The van der Waals surface area contributed by atoms with Gasteiger partial charge in [-0.3, -0.25) is 0 Å². The number of hydrogen-bond donors (Lipinski definition) is 1. The van der Waals surface area contributed by atoms with Crippen LogP contribution in [0.1, 0.15) is 16.7 Å². The quantitative estimate of drug-likeness (QED) is 0.762. The number of hydrogen-bond acceptors (Lipinski definition) is 2. The summed E-state index contributed by atoms with van der Waals surface area (Å²) in [5.74, 6) is -0.358. The third-order valence-electron chi connectivity index (χ3n) is 4.25. The molecule has 3 aromatic rings. The van der Waals surface area contributed by atoms with Gasteiger partial charge in [-0.2, -0.15) is 0 Å². The van der Waals surface area contributed by atoms with Crippen LogP contribution in [-0.4, -0.2) is 27.5 Å². The molecular formula is C20H21FN4O. The molecule has 0 aliphatic carbocycles. The van der Waals surface area contributed by atoms with Crippen molar-refractivity contribution >= 4 is 6.03 Å². The highest BCUT2D eigenvalue weighted by atomic mass is 19.1. The number of nitrogens with one attached hydrogen (secondary N) is 1. The van der Waals surface area contributed by atoms with Crippen molar-refractivity contribution in [2.45, 2.75) is 20.0 Å². The van der Waals surface area contributed by atoms with Crippen LogP contribution in [0.25, 0.3) is 5.69 Å². The molecule has 134 valence electrons. The van der Waals surface area contributed by atoms with E-state index in [0.29, 0.717) is 17.8 Å².